The molecule has 1 heterocycles. The van der Waals surface area contributed by atoms with Gasteiger partial charge >= 0.3 is 0 Å². The Morgan fingerprint density at radius 2 is 1.86 bits per heavy atom. The number of thioether (sulfide) groups is 1. The third-order valence-corrected chi connectivity index (χ3v) is 6.96. The summed E-state index contributed by atoms with van der Waals surface area (Å²) in [4.78, 5) is 0.241. The van der Waals surface area contributed by atoms with Gasteiger partial charge in [-0.3, -0.25) is 0 Å². The van der Waals surface area contributed by atoms with Gasteiger partial charge in [-0.25, -0.2) is 8.42 Å². The first-order chi connectivity index (χ1) is 13.3. The Balaban J connectivity index is 1.52. The molecule has 0 amide bonds. The first-order valence-electron chi connectivity index (χ1n) is 8.47. The number of rotatable bonds is 8. The highest BCUT2D eigenvalue weighted by Crippen LogP contribution is 2.22. The number of ether oxygens (including phenoxy) is 1. The first-order valence-corrected chi connectivity index (χ1v) is 11.5. The van der Waals surface area contributed by atoms with Crippen LogP contribution in [0.2, 0.25) is 5.02 Å². The predicted octanol–water partition coefficient (Wildman–Crippen LogP) is 4.48. The molecule has 0 atom stereocenters. The summed E-state index contributed by atoms with van der Waals surface area (Å²) in [5, 5.41) is 8.67. The van der Waals surface area contributed by atoms with E-state index in [4.69, 9.17) is 20.8 Å². The molecule has 0 unspecified atom stereocenters. The van der Waals surface area contributed by atoms with Crippen LogP contribution in [0, 0.1) is 13.8 Å². The summed E-state index contributed by atoms with van der Waals surface area (Å²) < 4.78 is 35.9. The molecule has 0 fully saturated rings. The van der Waals surface area contributed by atoms with Crippen molar-refractivity contribution in [3.05, 3.63) is 64.5 Å². The van der Waals surface area contributed by atoms with Gasteiger partial charge in [0, 0.05) is 10.8 Å². The minimum atomic E-state index is -3.39. The van der Waals surface area contributed by atoms with Gasteiger partial charge in [-0.15, -0.1) is 10.2 Å². The van der Waals surface area contributed by atoms with Gasteiger partial charge in [-0.05, 0) is 55.3 Å². The lowest BCUT2D eigenvalue weighted by atomic mass is 10.1. The largest absolute Gasteiger partial charge is 0.484 e. The van der Waals surface area contributed by atoms with Crippen LogP contribution in [0.15, 0.2) is 57.0 Å². The summed E-state index contributed by atoms with van der Waals surface area (Å²) in [5.74, 6) is 1.35. The third kappa shape index (κ3) is 5.50. The summed E-state index contributed by atoms with van der Waals surface area (Å²) in [6, 6.07) is 12.1. The SMILES string of the molecule is Cc1ccc(C)c(OCc2nnc(SCCS(=O)(=O)c3ccc(Cl)cc3)o2)c1. The number of hydrogen-bond donors (Lipinski definition) is 0. The second kappa shape index (κ2) is 8.98. The predicted molar refractivity (Wildman–Crippen MR) is 109 cm³/mol. The number of aryl methyl sites for hydroxylation is 2. The summed E-state index contributed by atoms with van der Waals surface area (Å²) in [5.41, 5.74) is 2.12. The monoisotopic (exact) mass is 438 g/mol. The van der Waals surface area contributed by atoms with E-state index in [2.05, 4.69) is 10.2 Å². The Morgan fingerprint density at radius 1 is 1.11 bits per heavy atom. The van der Waals surface area contributed by atoms with Crippen molar-refractivity contribution in [3.8, 4) is 5.75 Å². The molecule has 0 aliphatic heterocycles. The van der Waals surface area contributed by atoms with Gasteiger partial charge in [0.25, 0.3) is 11.1 Å². The standard InChI is InChI=1S/C19H19ClN2O4S2/c1-13-3-4-14(2)17(11-13)25-12-18-21-22-19(26-18)27-9-10-28(23,24)16-7-5-15(20)6-8-16/h3-8,11H,9-10,12H2,1-2H3. The van der Waals surface area contributed by atoms with Gasteiger partial charge in [0.15, 0.2) is 16.4 Å². The maximum absolute atomic E-state index is 12.3. The molecule has 0 spiro atoms. The summed E-state index contributed by atoms with van der Waals surface area (Å²) in [7, 11) is -3.39. The van der Waals surface area contributed by atoms with Crippen LogP contribution < -0.4 is 4.74 Å². The fraction of sp³-hybridized carbons (Fsp3) is 0.263. The van der Waals surface area contributed by atoms with Crippen LogP contribution in [-0.2, 0) is 16.4 Å². The molecule has 6 nitrogen and oxygen atoms in total. The zero-order valence-corrected chi connectivity index (χ0v) is 17.8. The van der Waals surface area contributed by atoms with E-state index < -0.39 is 9.84 Å². The summed E-state index contributed by atoms with van der Waals surface area (Å²) in [6.07, 6.45) is 0. The molecule has 9 heteroatoms. The molecule has 0 radical (unpaired) electrons. The lowest BCUT2D eigenvalue weighted by molar-refractivity contribution is 0.250. The van der Waals surface area contributed by atoms with Crippen LogP contribution in [-0.4, -0.2) is 30.1 Å². The molecule has 2 aromatic carbocycles. The molecule has 148 valence electrons. The molecule has 0 bridgehead atoms. The summed E-state index contributed by atoms with van der Waals surface area (Å²) >= 11 is 6.98. The van der Waals surface area contributed by atoms with Gasteiger partial charge < -0.3 is 9.15 Å². The molecule has 0 saturated carbocycles. The normalized spacial score (nSPS) is 11.5. The van der Waals surface area contributed by atoms with Crippen LogP contribution >= 0.6 is 23.4 Å². The van der Waals surface area contributed by atoms with Crippen molar-refractivity contribution < 1.29 is 17.6 Å². The third-order valence-electron chi connectivity index (χ3n) is 3.89. The van der Waals surface area contributed by atoms with E-state index in [1.54, 1.807) is 12.1 Å². The van der Waals surface area contributed by atoms with E-state index >= 15 is 0 Å². The average molecular weight is 439 g/mol. The van der Waals surface area contributed by atoms with Crippen molar-refractivity contribution in [1.82, 2.24) is 10.2 Å². The average Bonchev–Trinajstić information content (AvgIpc) is 3.10. The number of benzene rings is 2. The molecule has 3 aromatic rings. The quantitative estimate of drug-likeness (QED) is 0.479. The van der Waals surface area contributed by atoms with Gasteiger partial charge in [-0.1, -0.05) is 35.5 Å². The molecule has 0 aliphatic carbocycles. The van der Waals surface area contributed by atoms with E-state index in [0.29, 0.717) is 21.9 Å². The minimum absolute atomic E-state index is 0.0456. The van der Waals surface area contributed by atoms with E-state index in [-0.39, 0.29) is 17.3 Å². The number of halogens is 1. The van der Waals surface area contributed by atoms with E-state index in [1.807, 2.05) is 32.0 Å². The van der Waals surface area contributed by atoms with Crippen LogP contribution in [0.1, 0.15) is 17.0 Å². The highest BCUT2D eigenvalue weighted by atomic mass is 35.5. The first kappa shape index (κ1) is 20.7. The molecule has 3 rings (SSSR count). The van der Waals surface area contributed by atoms with Crippen molar-refractivity contribution in [2.45, 2.75) is 30.6 Å². The smallest absolute Gasteiger partial charge is 0.276 e. The van der Waals surface area contributed by atoms with Crippen LogP contribution in [0.5, 0.6) is 5.75 Å². The zero-order chi connectivity index (χ0) is 20.1. The topological polar surface area (TPSA) is 82.3 Å². The summed E-state index contributed by atoms with van der Waals surface area (Å²) in [6.45, 7) is 4.11. The molecular formula is C19H19ClN2O4S2. The molecule has 0 aliphatic rings. The Labute approximate surface area is 173 Å². The number of aromatic nitrogens is 2. The number of sulfone groups is 1. The van der Waals surface area contributed by atoms with Gasteiger partial charge in [0.05, 0.1) is 10.6 Å². The molecule has 28 heavy (non-hydrogen) atoms. The van der Waals surface area contributed by atoms with Crippen molar-refractivity contribution >= 4 is 33.2 Å². The fourth-order valence-corrected chi connectivity index (χ4v) is 4.91. The van der Waals surface area contributed by atoms with E-state index in [9.17, 15) is 8.42 Å². The number of hydrogen-bond acceptors (Lipinski definition) is 7. The van der Waals surface area contributed by atoms with E-state index in [0.717, 1.165) is 16.9 Å². The zero-order valence-electron chi connectivity index (χ0n) is 15.4. The Hall–Kier alpha value is -2.03. The van der Waals surface area contributed by atoms with Crippen molar-refractivity contribution in [3.63, 3.8) is 0 Å². The van der Waals surface area contributed by atoms with Gasteiger partial charge in [-0.2, -0.15) is 0 Å². The van der Waals surface area contributed by atoms with Crippen molar-refractivity contribution in [2.75, 3.05) is 11.5 Å². The lowest BCUT2D eigenvalue weighted by Crippen LogP contribution is -2.08. The van der Waals surface area contributed by atoms with Crippen LogP contribution in [0.25, 0.3) is 0 Å². The van der Waals surface area contributed by atoms with Crippen LogP contribution in [0.3, 0.4) is 0 Å². The highest BCUT2D eigenvalue weighted by molar-refractivity contribution is 8.00. The highest BCUT2D eigenvalue weighted by Gasteiger charge is 2.16. The van der Waals surface area contributed by atoms with Gasteiger partial charge in [0.1, 0.15) is 5.75 Å². The molecule has 0 N–H and O–H groups in total. The molecule has 0 saturated heterocycles. The van der Waals surface area contributed by atoms with Gasteiger partial charge in [0.2, 0.25) is 0 Å². The Kier molecular flexibility index (Phi) is 6.64. The minimum Gasteiger partial charge on any atom is -0.484 e. The second-order valence-electron chi connectivity index (χ2n) is 6.14. The lowest BCUT2D eigenvalue weighted by Gasteiger charge is -2.07. The van der Waals surface area contributed by atoms with Crippen LogP contribution in [0.4, 0.5) is 0 Å². The maximum Gasteiger partial charge on any atom is 0.276 e. The van der Waals surface area contributed by atoms with E-state index in [1.165, 1.54) is 23.9 Å². The second-order valence-corrected chi connectivity index (χ2v) is 9.73. The van der Waals surface area contributed by atoms with Crippen molar-refractivity contribution in [2.24, 2.45) is 0 Å². The fourth-order valence-electron chi connectivity index (χ4n) is 2.36. The van der Waals surface area contributed by atoms with Crippen molar-refractivity contribution in [1.29, 1.82) is 0 Å². The maximum atomic E-state index is 12.3. The Bertz CT molecular complexity index is 1050. The Morgan fingerprint density at radius 3 is 2.61 bits per heavy atom. The molecule has 1 aromatic heterocycles. The molecular weight excluding hydrogens is 420 g/mol. The number of nitrogens with zero attached hydrogens (tertiary/aromatic N) is 2.